The van der Waals surface area contributed by atoms with Gasteiger partial charge in [0.2, 0.25) is 0 Å². The highest BCUT2D eigenvalue weighted by Crippen LogP contribution is 2.28. The number of nitrogens with zero attached hydrogens (tertiary/aromatic N) is 3. The number of ether oxygens (including phenoxy) is 1. The first-order valence-corrected chi connectivity index (χ1v) is 9.28. The standard InChI is InChI=1S/C17H20Cl2N6O2/c18-11-4-5-13(12(19)8-11)27-9-14(26)23-24-16-15(20)17(22-10-21-16)25-6-2-1-3-7-25/h4-5,8,10H,1-3,6-7,9,20H2,(H,23,26)(H,21,22,24). The Morgan fingerprint density at radius 1 is 1.22 bits per heavy atom. The van der Waals surface area contributed by atoms with Crippen molar-refractivity contribution < 1.29 is 9.53 Å². The average molecular weight is 411 g/mol. The molecule has 1 saturated heterocycles. The first-order chi connectivity index (χ1) is 13.0. The van der Waals surface area contributed by atoms with Gasteiger partial charge in [-0.2, -0.15) is 0 Å². The molecule has 8 nitrogen and oxygen atoms in total. The van der Waals surface area contributed by atoms with Crippen LogP contribution < -0.4 is 26.2 Å². The lowest BCUT2D eigenvalue weighted by Gasteiger charge is -2.28. The maximum absolute atomic E-state index is 12.0. The van der Waals surface area contributed by atoms with Crippen LogP contribution in [0.1, 0.15) is 19.3 Å². The third-order valence-electron chi connectivity index (χ3n) is 4.09. The van der Waals surface area contributed by atoms with E-state index in [4.69, 9.17) is 33.7 Å². The number of hydrogen-bond donors (Lipinski definition) is 3. The van der Waals surface area contributed by atoms with Crippen LogP contribution in [0.4, 0.5) is 17.3 Å². The Kier molecular flexibility index (Phi) is 6.41. The number of nitrogen functional groups attached to an aromatic ring is 1. The van der Waals surface area contributed by atoms with Crippen molar-refractivity contribution in [2.75, 3.05) is 35.8 Å². The SMILES string of the molecule is Nc1c(NNC(=O)COc2ccc(Cl)cc2Cl)ncnc1N1CCCCC1. The summed E-state index contributed by atoms with van der Waals surface area (Å²) in [4.78, 5) is 22.5. The first kappa shape index (κ1) is 19.3. The van der Waals surface area contributed by atoms with Gasteiger partial charge >= 0.3 is 0 Å². The Labute approximate surface area is 167 Å². The van der Waals surface area contributed by atoms with Gasteiger partial charge in [0.1, 0.15) is 17.8 Å². The monoisotopic (exact) mass is 410 g/mol. The molecule has 1 aromatic carbocycles. The molecule has 0 spiro atoms. The van der Waals surface area contributed by atoms with Crippen LogP contribution in [-0.4, -0.2) is 35.6 Å². The van der Waals surface area contributed by atoms with Crippen molar-refractivity contribution in [3.05, 3.63) is 34.6 Å². The number of nitrogens with two attached hydrogens (primary N) is 1. The van der Waals surface area contributed by atoms with Gasteiger partial charge in [0.05, 0.1) is 5.02 Å². The summed E-state index contributed by atoms with van der Waals surface area (Å²) in [7, 11) is 0. The van der Waals surface area contributed by atoms with Gasteiger partial charge in [-0.1, -0.05) is 23.2 Å². The minimum Gasteiger partial charge on any atom is -0.482 e. The van der Waals surface area contributed by atoms with Crippen LogP contribution in [-0.2, 0) is 4.79 Å². The molecule has 1 amide bonds. The van der Waals surface area contributed by atoms with E-state index in [0.29, 0.717) is 33.1 Å². The Morgan fingerprint density at radius 3 is 2.74 bits per heavy atom. The van der Waals surface area contributed by atoms with E-state index in [9.17, 15) is 4.79 Å². The molecule has 144 valence electrons. The van der Waals surface area contributed by atoms with Gasteiger partial charge in [-0.25, -0.2) is 9.97 Å². The zero-order valence-electron chi connectivity index (χ0n) is 14.5. The van der Waals surface area contributed by atoms with Gasteiger partial charge in [-0.05, 0) is 37.5 Å². The lowest BCUT2D eigenvalue weighted by Crippen LogP contribution is -2.35. The predicted octanol–water partition coefficient (Wildman–Crippen LogP) is 2.88. The summed E-state index contributed by atoms with van der Waals surface area (Å²) in [5.41, 5.74) is 11.8. The van der Waals surface area contributed by atoms with E-state index in [0.717, 1.165) is 25.9 Å². The van der Waals surface area contributed by atoms with Gasteiger partial charge in [-0.3, -0.25) is 15.6 Å². The highest BCUT2D eigenvalue weighted by Gasteiger charge is 2.17. The van der Waals surface area contributed by atoms with Gasteiger partial charge in [0.25, 0.3) is 5.91 Å². The van der Waals surface area contributed by atoms with Crippen LogP contribution in [0.5, 0.6) is 5.75 Å². The fourth-order valence-electron chi connectivity index (χ4n) is 2.74. The van der Waals surface area contributed by atoms with E-state index < -0.39 is 5.91 Å². The Bertz CT molecular complexity index is 814. The van der Waals surface area contributed by atoms with E-state index in [2.05, 4.69) is 25.7 Å². The lowest BCUT2D eigenvalue weighted by atomic mass is 10.1. The molecule has 1 aliphatic rings. The van der Waals surface area contributed by atoms with Crippen molar-refractivity contribution >= 4 is 46.4 Å². The van der Waals surface area contributed by atoms with E-state index in [1.165, 1.54) is 18.8 Å². The Balaban J connectivity index is 1.55. The number of piperidine rings is 1. The van der Waals surface area contributed by atoms with E-state index in [-0.39, 0.29) is 6.61 Å². The average Bonchev–Trinajstić information content (AvgIpc) is 2.67. The maximum Gasteiger partial charge on any atom is 0.276 e. The summed E-state index contributed by atoms with van der Waals surface area (Å²) in [5.74, 6) is 0.956. The highest BCUT2D eigenvalue weighted by atomic mass is 35.5. The van der Waals surface area contributed by atoms with Gasteiger partial charge < -0.3 is 15.4 Å². The minimum atomic E-state index is -0.418. The van der Waals surface area contributed by atoms with E-state index in [1.54, 1.807) is 12.1 Å². The Morgan fingerprint density at radius 2 is 2.00 bits per heavy atom. The van der Waals surface area contributed by atoms with Crippen LogP contribution in [0, 0.1) is 0 Å². The normalized spacial score (nSPS) is 13.9. The van der Waals surface area contributed by atoms with Crippen molar-refractivity contribution in [1.29, 1.82) is 0 Å². The molecular formula is C17H20Cl2N6O2. The van der Waals surface area contributed by atoms with E-state index >= 15 is 0 Å². The number of aromatic nitrogens is 2. The number of halogens is 2. The van der Waals surface area contributed by atoms with Crippen molar-refractivity contribution in [2.24, 2.45) is 0 Å². The molecule has 10 heteroatoms. The molecule has 4 N–H and O–H groups in total. The van der Waals surface area contributed by atoms with Crippen LogP contribution in [0.25, 0.3) is 0 Å². The summed E-state index contributed by atoms with van der Waals surface area (Å²) in [6, 6.07) is 4.76. The Hall–Kier alpha value is -2.45. The number of carbonyl (C=O) groups excluding carboxylic acids is 1. The van der Waals surface area contributed by atoms with Crippen molar-refractivity contribution in [3.63, 3.8) is 0 Å². The number of carbonyl (C=O) groups is 1. The number of anilines is 3. The number of hydrazine groups is 1. The fourth-order valence-corrected chi connectivity index (χ4v) is 3.21. The topological polar surface area (TPSA) is 105 Å². The van der Waals surface area contributed by atoms with Gasteiger partial charge in [-0.15, -0.1) is 0 Å². The quantitative estimate of drug-likeness (QED) is 0.628. The molecule has 0 atom stereocenters. The summed E-state index contributed by atoms with van der Waals surface area (Å²) in [6.07, 6.45) is 4.83. The molecule has 2 aromatic rings. The van der Waals surface area contributed by atoms with Crippen LogP contribution in [0.3, 0.4) is 0 Å². The number of nitrogens with one attached hydrogen (secondary N) is 2. The van der Waals surface area contributed by atoms with Crippen molar-refractivity contribution in [1.82, 2.24) is 15.4 Å². The molecule has 0 aliphatic carbocycles. The molecule has 2 heterocycles. The first-order valence-electron chi connectivity index (χ1n) is 8.52. The van der Waals surface area contributed by atoms with Crippen molar-refractivity contribution in [2.45, 2.75) is 19.3 Å². The lowest BCUT2D eigenvalue weighted by molar-refractivity contribution is -0.122. The summed E-state index contributed by atoms with van der Waals surface area (Å²) < 4.78 is 5.38. The molecule has 3 rings (SSSR count). The number of benzene rings is 1. The second kappa shape index (κ2) is 8.96. The summed E-state index contributed by atoms with van der Waals surface area (Å²) in [5, 5.41) is 0.816. The smallest absolute Gasteiger partial charge is 0.276 e. The minimum absolute atomic E-state index is 0.238. The molecule has 1 aliphatic heterocycles. The molecule has 0 bridgehead atoms. The highest BCUT2D eigenvalue weighted by molar-refractivity contribution is 6.35. The molecule has 1 fully saturated rings. The third kappa shape index (κ3) is 5.05. The zero-order valence-corrected chi connectivity index (χ0v) is 16.1. The van der Waals surface area contributed by atoms with E-state index in [1.807, 2.05) is 0 Å². The number of hydrogen-bond acceptors (Lipinski definition) is 7. The number of amides is 1. The fraction of sp³-hybridized carbons (Fsp3) is 0.353. The molecule has 0 radical (unpaired) electrons. The molecule has 1 aromatic heterocycles. The largest absolute Gasteiger partial charge is 0.482 e. The maximum atomic E-state index is 12.0. The van der Waals surface area contributed by atoms with Crippen LogP contribution >= 0.6 is 23.2 Å². The number of rotatable bonds is 6. The molecule has 0 saturated carbocycles. The van der Waals surface area contributed by atoms with Crippen molar-refractivity contribution in [3.8, 4) is 5.75 Å². The molecular weight excluding hydrogens is 391 g/mol. The molecule has 27 heavy (non-hydrogen) atoms. The second-order valence-corrected chi connectivity index (χ2v) is 6.89. The van der Waals surface area contributed by atoms with Gasteiger partial charge in [0.15, 0.2) is 18.2 Å². The van der Waals surface area contributed by atoms with Crippen LogP contribution in [0.15, 0.2) is 24.5 Å². The summed E-state index contributed by atoms with van der Waals surface area (Å²) in [6.45, 7) is 1.57. The predicted molar refractivity (Wildman–Crippen MR) is 106 cm³/mol. The van der Waals surface area contributed by atoms with Gasteiger partial charge in [0, 0.05) is 18.1 Å². The van der Waals surface area contributed by atoms with Crippen LogP contribution in [0.2, 0.25) is 10.0 Å². The zero-order chi connectivity index (χ0) is 19.2. The summed E-state index contributed by atoms with van der Waals surface area (Å²) >= 11 is 11.8. The molecule has 0 unspecified atom stereocenters. The third-order valence-corrected chi connectivity index (χ3v) is 4.62. The second-order valence-electron chi connectivity index (χ2n) is 6.04.